The predicted molar refractivity (Wildman–Crippen MR) is 39.2 cm³/mol. The molecule has 1 rings (SSSR count). The summed E-state index contributed by atoms with van der Waals surface area (Å²) in [5, 5.41) is 0. The minimum Gasteiger partial charge on any atom is -0.319 e. The molecule has 0 amide bonds. The van der Waals surface area contributed by atoms with Gasteiger partial charge in [-0.15, -0.1) is 0 Å². The number of alkyl halides is 2. The maximum Gasteiger partial charge on any atom is 0.257 e. The second-order valence-corrected chi connectivity index (χ2v) is 2.65. The topological polar surface area (TPSA) is 26.0 Å². The maximum atomic E-state index is 12.8. The molecule has 2 N–H and O–H groups in total. The molecule has 6 heteroatoms. The lowest BCUT2D eigenvalue weighted by molar-refractivity contribution is 0.114. The molecule has 0 spiro atoms. The van der Waals surface area contributed by atoms with E-state index in [1.165, 1.54) is 0 Å². The number of nitrogens with two attached hydrogens (primary N) is 1. The van der Waals surface area contributed by atoms with E-state index in [9.17, 15) is 22.0 Å². The van der Waals surface area contributed by atoms with Crippen molar-refractivity contribution >= 4 is 0 Å². The van der Waals surface area contributed by atoms with Crippen molar-refractivity contribution in [2.24, 2.45) is 5.73 Å². The lowest BCUT2D eigenvalue weighted by Crippen LogP contribution is -2.21. The number of benzene rings is 1. The molecular weight excluding hydrogens is 205 g/mol. The second-order valence-electron chi connectivity index (χ2n) is 2.65. The van der Waals surface area contributed by atoms with E-state index in [1.54, 1.807) is 0 Å². The van der Waals surface area contributed by atoms with Gasteiger partial charge in [-0.2, -0.15) is 0 Å². The minimum absolute atomic E-state index is 0.261. The van der Waals surface area contributed by atoms with Crippen LogP contribution in [0.15, 0.2) is 12.1 Å². The summed E-state index contributed by atoms with van der Waals surface area (Å²) in [6.07, 6.45) is -3.08. The molecule has 0 aliphatic heterocycles. The maximum absolute atomic E-state index is 12.8. The Balaban J connectivity index is 3.20. The Morgan fingerprint density at radius 1 is 1.07 bits per heavy atom. The molecule has 0 fully saturated rings. The highest BCUT2D eigenvalue weighted by molar-refractivity contribution is 5.23. The number of hydrogen-bond donors (Lipinski definition) is 1. The average Bonchev–Trinajstić information content (AvgIpc) is 2.09. The number of hydrogen-bond acceptors (Lipinski definition) is 1. The summed E-state index contributed by atoms with van der Waals surface area (Å²) in [5.41, 5.74) is 3.99. The van der Waals surface area contributed by atoms with Gasteiger partial charge in [-0.25, -0.2) is 22.0 Å². The van der Waals surface area contributed by atoms with E-state index in [4.69, 9.17) is 5.73 Å². The van der Waals surface area contributed by atoms with Crippen molar-refractivity contribution < 1.29 is 22.0 Å². The van der Waals surface area contributed by atoms with Crippen LogP contribution in [0.3, 0.4) is 0 Å². The molecule has 78 valence electrons. The van der Waals surface area contributed by atoms with Crippen LogP contribution in [0.1, 0.15) is 11.6 Å². The third-order valence-corrected chi connectivity index (χ3v) is 1.65. The van der Waals surface area contributed by atoms with Gasteiger partial charge in [-0.1, -0.05) is 0 Å². The number of rotatable bonds is 2. The zero-order chi connectivity index (χ0) is 10.9. The van der Waals surface area contributed by atoms with Gasteiger partial charge in [0.15, 0.2) is 11.6 Å². The first kappa shape index (κ1) is 10.9. The first-order valence-electron chi connectivity index (χ1n) is 3.61. The quantitative estimate of drug-likeness (QED) is 0.589. The van der Waals surface area contributed by atoms with Crippen molar-refractivity contribution in [3.63, 3.8) is 0 Å². The smallest absolute Gasteiger partial charge is 0.257 e. The van der Waals surface area contributed by atoms with Gasteiger partial charge in [0.2, 0.25) is 0 Å². The molecule has 0 saturated carbocycles. The summed E-state index contributed by atoms with van der Waals surface area (Å²) in [6, 6.07) is -1.31. The average molecular weight is 211 g/mol. The molecule has 0 saturated heterocycles. The lowest BCUT2D eigenvalue weighted by atomic mass is 10.1. The number of halogens is 5. The first-order chi connectivity index (χ1) is 6.43. The molecule has 1 nitrogen and oxygen atoms in total. The van der Waals surface area contributed by atoms with Gasteiger partial charge >= 0.3 is 0 Å². The van der Waals surface area contributed by atoms with Gasteiger partial charge < -0.3 is 5.73 Å². The van der Waals surface area contributed by atoms with Crippen molar-refractivity contribution in [2.75, 3.05) is 0 Å². The summed E-state index contributed by atoms with van der Waals surface area (Å²) in [7, 11) is 0. The molecule has 0 radical (unpaired) electrons. The first-order valence-corrected chi connectivity index (χ1v) is 3.61. The molecule has 0 aliphatic carbocycles. The van der Waals surface area contributed by atoms with Crippen LogP contribution in [0, 0.1) is 17.5 Å². The van der Waals surface area contributed by atoms with Gasteiger partial charge in [-0.05, 0) is 6.07 Å². The Bertz CT molecular complexity index is 339. The zero-order valence-corrected chi connectivity index (χ0v) is 6.78. The van der Waals surface area contributed by atoms with Crippen molar-refractivity contribution in [3.8, 4) is 0 Å². The van der Waals surface area contributed by atoms with E-state index in [1.807, 2.05) is 0 Å². The molecule has 0 unspecified atom stereocenters. The van der Waals surface area contributed by atoms with E-state index >= 15 is 0 Å². The second kappa shape index (κ2) is 3.91. The van der Waals surface area contributed by atoms with E-state index in [0.717, 1.165) is 0 Å². The molecular formula is C8H6F5N. The van der Waals surface area contributed by atoms with Crippen LogP contribution in [0.5, 0.6) is 0 Å². The van der Waals surface area contributed by atoms with Crippen LogP contribution in [-0.2, 0) is 0 Å². The summed E-state index contributed by atoms with van der Waals surface area (Å²) in [6.45, 7) is 0. The van der Waals surface area contributed by atoms with Crippen LogP contribution in [0.4, 0.5) is 22.0 Å². The fourth-order valence-corrected chi connectivity index (χ4v) is 0.954. The summed E-state index contributed by atoms with van der Waals surface area (Å²) in [5.74, 6) is -4.22. The molecule has 0 aliphatic rings. The Labute approximate surface area is 76.3 Å². The molecule has 1 aromatic rings. The van der Waals surface area contributed by atoms with Crippen LogP contribution >= 0.6 is 0 Å². The third-order valence-electron chi connectivity index (χ3n) is 1.65. The highest BCUT2D eigenvalue weighted by Crippen LogP contribution is 2.23. The monoisotopic (exact) mass is 211 g/mol. The Morgan fingerprint density at radius 2 is 1.64 bits per heavy atom. The van der Waals surface area contributed by atoms with Crippen LogP contribution in [-0.4, -0.2) is 6.43 Å². The summed E-state index contributed by atoms with van der Waals surface area (Å²) in [4.78, 5) is 0. The summed E-state index contributed by atoms with van der Waals surface area (Å²) < 4.78 is 62.0. The fraction of sp³-hybridized carbons (Fsp3) is 0.250. The Hall–Kier alpha value is -1.17. The van der Waals surface area contributed by atoms with Crippen molar-refractivity contribution in [1.29, 1.82) is 0 Å². The van der Waals surface area contributed by atoms with Crippen LogP contribution < -0.4 is 5.73 Å². The standard InChI is InChI=1S/C8H6F5N/c9-3-1-4(7(14)8(12)13)6(11)5(10)2-3/h1-2,7-8H,14H2/t7-/m1/s1. The van der Waals surface area contributed by atoms with E-state index in [0.29, 0.717) is 6.07 Å². The fourth-order valence-electron chi connectivity index (χ4n) is 0.954. The molecule has 0 heterocycles. The van der Waals surface area contributed by atoms with Crippen LogP contribution in [0.2, 0.25) is 0 Å². The highest BCUT2D eigenvalue weighted by Gasteiger charge is 2.23. The van der Waals surface area contributed by atoms with E-state index < -0.39 is 35.5 Å². The van der Waals surface area contributed by atoms with Gasteiger partial charge in [0.25, 0.3) is 6.43 Å². The van der Waals surface area contributed by atoms with Crippen LogP contribution in [0.25, 0.3) is 0 Å². The van der Waals surface area contributed by atoms with Gasteiger partial charge in [0, 0.05) is 11.6 Å². The van der Waals surface area contributed by atoms with Crippen molar-refractivity contribution in [1.82, 2.24) is 0 Å². The Morgan fingerprint density at radius 3 is 2.14 bits per heavy atom. The molecule has 0 aromatic heterocycles. The predicted octanol–water partition coefficient (Wildman–Crippen LogP) is 2.37. The van der Waals surface area contributed by atoms with E-state index in [2.05, 4.69) is 0 Å². The highest BCUT2D eigenvalue weighted by atomic mass is 19.3. The molecule has 1 aromatic carbocycles. The lowest BCUT2D eigenvalue weighted by Gasteiger charge is -2.11. The zero-order valence-electron chi connectivity index (χ0n) is 6.78. The third kappa shape index (κ3) is 2.01. The largest absolute Gasteiger partial charge is 0.319 e. The normalized spacial score (nSPS) is 13.4. The van der Waals surface area contributed by atoms with Gasteiger partial charge in [0.1, 0.15) is 5.82 Å². The van der Waals surface area contributed by atoms with Crippen molar-refractivity contribution in [3.05, 3.63) is 35.1 Å². The molecule has 14 heavy (non-hydrogen) atoms. The SMILES string of the molecule is N[C@H](c1cc(F)cc(F)c1F)C(F)F. The molecule has 1 atom stereocenters. The Kier molecular flexibility index (Phi) is 3.05. The minimum atomic E-state index is -3.08. The summed E-state index contributed by atoms with van der Waals surface area (Å²) >= 11 is 0. The van der Waals surface area contributed by atoms with E-state index in [-0.39, 0.29) is 6.07 Å². The molecule has 0 bridgehead atoms. The van der Waals surface area contributed by atoms with Gasteiger partial charge in [0.05, 0.1) is 6.04 Å². The van der Waals surface area contributed by atoms with Crippen molar-refractivity contribution in [2.45, 2.75) is 12.5 Å². The van der Waals surface area contributed by atoms with Gasteiger partial charge in [-0.3, -0.25) is 0 Å².